The third kappa shape index (κ3) is 5.49. The Balaban J connectivity index is 1.71. The van der Waals surface area contributed by atoms with E-state index in [0.717, 1.165) is 47.3 Å². The van der Waals surface area contributed by atoms with E-state index in [-0.39, 0.29) is 23.2 Å². The van der Waals surface area contributed by atoms with Crippen molar-refractivity contribution in [2.24, 2.45) is 5.92 Å². The molecule has 0 atom stereocenters. The third-order valence-corrected chi connectivity index (χ3v) is 6.32. The molecule has 1 aliphatic rings. The van der Waals surface area contributed by atoms with Crippen molar-refractivity contribution in [1.82, 2.24) is 9.55 Å². The predicted octanol–water partition coefficient (Wildman–Crippen LogP) is 4.68. The molecular formula is C25H25IN2O3. The Morgan fingerprint density at radius 3 is 2.55 bits per heavy atom. The van der Waals surface area contributed by atoms with E-state index in [0.29, 0.717) is 17.2 Å². The van der Waals surface area contributed by atoms with Gasteiger partial charge >= 0.3 is 0 Å². The van der Waals surface area contributed by atoms with Crippen molar-refractivity contribution in [2.45, 2.75) is 32.7 Å². The van der Waals surface area contributed by atoms with E-state index in [1.54, 1.807) is 12.4 Å². The molecular weight excluding hydrogens is 503 g/mol. The molecule has 4 rings (SSSR count). The normalized spacial score (nSPS) is 14.5. The minimum Gasteiger partial charge on any atom is -0.381 e. The summed E-state index contributed by atoms with van der Waals surface area (Å²) >= 11 is 2.18. The molecule has 3 heterocycles. The summed E-state index contributed by atoms with van der Waals surface area (Å²) in [4.78, 5) is 30.8. The van der Waals surface area contributed by atoms with Crippen LogP contribution in [0.25, 0.3) is 11.1 Å². The van der Waals surface area contributed by atoms with Gasteiger partial charge in [0.15, 0.2) is 11.2 Å². The van der Waals surface area contributed by atoms with E-state index in [2.05, 4.69) is 27.6 Å². The molecule has 31 heavy (non-hydrogen) atoms. The Morgan fingerprint density at radius 1 is 1.13 bits per heavy atom. The second kappa shape index (κ2) is 9.87. The van der Waals surface area contributed by atoms with Crippen LogP contribution in [-0.4, -0.2) is 28.5 Å². The van der Waals surface area contributed by atoms with Crippen LogP contribution in [0.1, 0.15) is 34.5 Å². The lowest BCUT2D eigenvalue weighted by atomic mass is 9.98. The Morgan fingerprint density at radius 2 is 1.87 bits per heavy atom. The number of aryl methyl sites for hydroxylation is 1. The van der Waals surface area contributed by atoms with Crippen molar-refractivity contribution in [3.63, 3.8) is 0 Å². The fraction of sp³-hybridized carbons (Fsp3) is 0.320. The van der Waals surface area contributed by atoms with Crippen LogP contribution in [-0.2, 0) is 17.7 Å². The maximum Gasteiger partial charge on any atom is 0.200 e. The topological polar surface area (TPSA) is 61.2 Å². The molecule has 3 aromatic rings. The van der Waals surface area contributed by atoms with E-state index < -0.39 is 0 Å². The number of aromatic nitrogens is 2. The number of hydrogen-bond donors (Lipinski definition) is 0. The third-order valence-electron chi connectivity index (χ3n) is 5.68. The van der Waals surface area contributed by atoms with Crippen LogP contribution < -0.4 is 5.43 Å². The summed E-state index contributed by atoms with van der Waals surface area (Å²) in [5, 5.41) is 0. The van der Waals surface area contributed by atoms with Crippen LogP contribution >= 0.6 is 22.6 Å². The summed E-state index contributed by atoms with van der Waals surface area (Å²) in [7, 11) is 0. The van der Waals surface area contributed by atoms with Crippen LogP contribution in [0.3, 0.4) is 0 Å². The monoisotopic (exact) mass is 528 g/mol. The number of hydrogen-bond acceptors (Lipinski definition) is 4. The number of Topliss-reactive ketones (excluding diaryl/α,β-unsaturated/α-hetero) is 1. The van der Waals surface area contributed by atoms with Gasteiger partial charge in [-0.2, -0.15) is 0 Å². The molecule has 5 nitrogen and oxygen atoms in total. The molecule has 0 N–H and O–H groups in total. The highest BCUT2D eigenvalue weighted by molar-refractivity contribution is 14.1. The number of rotatable bonds is 6. The Kier molecular flexibility index (Phi) is 6.97. The number of ketones is 1. The van der Waals surface area contributed by atoms with Gasteiger partial charge in [0.1, 0.15) is 0 Å². The lowest BCUT2D eigenvalue weighted by Crippen LogP contribution is -2.25. The zero-order valence-corrected chi connectivity index (χ0v) is 19.7. The van der Waals surface area contributed by atoms with Crippen LogP contribution in [0.2, 0.25) is 0 Å². The summed E-state index contributed by atoms with van der Waals surface area (Å²) in [6, 6.07) is 11.6. The van der Waals surface area contributed by atoms with Crippen molar-refractivity contribution in [1.29, 1.82) is 0 Å². The zero-order valence-electron chi connectivity index (χ0n) is 17.5. The Labute approximate surface area is 195 Å². The van der Waals surface area contributed by atoms with Gasteiger partial charge in [0, 0.05) is 53.2 Å². The summed E-state index contributed by atoms with van der Waals surface area (Å²) < 4.78 is 8.50. The molecule has 1 aliphatic heterocycles. The molecule has 2 aromatic heterocycles. The molecule has 1 saturated heterocycles. The first kappa shape index (κ1) is 21.9. The summed E-state index contributed by atoms with van der Waals surface area (Å²) in [5.74, 6) is 0.274. The van der Waals surface area contributed by atoms with Crippen LogP contribution in [0, 0.1) is 16.4 Å². The van der Waals surface area contributed by atoms with Crippen molar-refractivity contribution >= 4 is 28.4 Å². The zero-order chi connectivity index (χ0) is 21.8. The van der Waals surface area contributed by atoms with Gasteiger partial charge < -0.3 is 9.30 Å². The van der Waals surface area contributed by atoms with E-state index in [4.69, 9.17) is 4.74 Å². The quantitative estimate of drug-likeness (QED) is 0.345. The molecule has 0 bridgehead atoms. The van der Waals surface area contributed by atoms with E-state index in [1.165, 1.54) is 0 Å². The van der Waals surface area contributed by atoms with Gasteiger partial charge in [0.2, 0.25) is 0 Å². The number of benzene rings is 1. The van der Waals surface area contributed by atoms with Crippen LogP contribution in [0.4, 0.5) is 0 Å². The van der Waals surface area contributed by atoms with Gasteiger partial charge in [0.05, 0.1) is 12.0 Å². The molecule has 6 heteroatoms. The van der Waals surface area contributed by atoms with Crippen molar-refractivity contribution < 1.29 is 9.53 Å². The fourth-order valence-corrected chi connectivity index (χ4v) is 4.19. The first-order valence-electron chi connectivity index (χ1n) is 10.5. The van der Waals surface area contributed by atoms with Crippen molar-refractivity contribution in [2.75, 3.05) is 13.2 Å². The molecule has 0 radical (unpaired) electrons. The molecule has 1 fully saturated rings. The van der Waals surface area contributed by atoms with Crippen LogP contribution in [0.15, 0.2) is 59.8 Å². The summed E-state index contributed by atoms with van der Waals surface area (Å²) in [5.41, 5.74) is 3.20. The lowest BCUT2D eigenvalue weighted by molar-refractivity contribution is 0.0612. The second-order valence-corrected chi connectivity index (χ2v) is 9.35. The first-order valence-corrected chi connectivity index (χ1v) is 11.6. The minimum atomic E-state index is -0.220. The maximum absolute atomic E-state index is 13.3. The van der Waals surface area contributed by atoms with E-state index in [9.17, 15) is 9.59 Å². The van der Waals surface area contributed by atoms with Gasteiger partial charge in [-0.25, -0.2) is 0 Å². The fourth-order valence-electron chi connectivity index (χ4n) is 3.87. The highest BCUT2D eigenvalue weighted by atomic mass is 127. The average Bonchev–Trinajstić information content (AvgIpc) is 2.78. The number of carbonyl (C=O) groups excluding carboxylic acids is 1. The minimum absolute atomic E-state index is 0.112. The molecule has 0 amide bonds. The summed E-state index contributed by atoms with van der Waals surface area (Å²) in [6.45, 7) is 4.31. The highest BCUT2D eigenvalue weighted by Crippen LogP contribution is 2.21. The highest BCUT2D eigenvalue weighted by Gasteiger charge is 2.19. The van der Waals surface area contributed by atoms with Gasteiger partial charge in [-0.3, -0.25) is 14.6 Å². The number of halogens is 1. The first-order chi connectivity index (χ1) is 15.0. The van der Waals surface area contributed by atoms with Gasteiger partial charge in [-0.1, -0.05) is 29.8 Å². The Hall–Kier alpha value is -2.32. The largest absolute Gasteiger partial charge is 0.381 e. The lowest BCUT2D eigenvalue weighted by Gasteiger charge is -2.23. The Bertz CT molecular complexity index is 1110. The maximum atomic E-state index is 13.3. The molecule has 0 aliphatic carbocycles. The van der Waals surface area contributed by atoms with Crippen molar-refractivity contribution in [3.8, 4) is 11.1 Å². The number of pyridine rings is 2. The van der Waals surface area contributed by atoms with Crippen LogP contribution in [0.5, 0.6) is 0 Å². The molecule has 160 valence electrons. The number of ether oxygens (including phenoxy) is 1. The standard InChI is InChI=1S/C25H25IN2O3/c1-17-2-4-19(5-3-17)22-15-28(14-18-8-10-31-11-9-18)16-23(25(22)30)24(29)12-21-7-6-20(26)13-27-21/h2-7,13,15-16,18H,8-12,14H2,1H3. The number of nitrogens with zero attached hydrogens (tertiary/aromatic N) is 2. The smallest absolute Gasteiger partial charge is 0.200 e. The molecule has 0 unspecified atom stereocenters. The number of carbonyl (C=O) groups is 1. The summed E-state index contributed by atoms with van der Waals surface area (Å²) in [6.07, 6.45) is 7.44. The molecule has 0 saturated carbocycles. The molecule has 0 spiro atoms. The van der Waals surface area contributed by atoms with Crippen molar-refractivity contribution in [3.05, 3.63) is 85.6 Å². The van der Waals surface area contributed by atoms with E-state index >= 15 is 0 Å². The van der Waals surface area contributed by atoms with Gasteiger partial charge in [-0.15, -0.1) is 0 Å². The average molecular weight is 528 g/mol. The van der Waals surface area contributed by atoms with Gasteiger partial charge in [0.25, 0.3) is 0 Å². The SMILES string of the molecule is Cc1ccc(-c2cn(CC3CCOCC3)cc(C(=O)Cc3ccc(I)cn3)c2=O)cc1. The van der Waals surface area contributed by atoms with Gasteiger partial charge in [-0.05, 0) is 66.0 Å². The second-order valence-electron chi connectivity index (χ2n) is 8.10. The predicted molar refractivity (Wildman–Crippen MR) is 129 cm³/mol. The molecule has 1 aromatic carbocycles. The van der Waals surface area contributed by atoms with E-state index in [1.807, 2.05) is 54.1 Å².